The topological polar surface area (TPSA) is 48.4 Å². The Morgan fingerprint density at radius 2 is 1.69 bits per heavy atom. The van der Waals surface area contributed by atoms with E-state index in [1.807, 2.05) is 67.7 Å². The Morgan fingerprint density at radius 3 is 2.48 bits per heavy atom. The number of halogens is 3. The molecule has 0 N–H and O–H groups in total. The van der Waals surface area contributed by atoms with Crippen LogP contribution >= 0.6 is 0 Å². The number of pyridine rings is 1. The molecule has 0 bridgehead atoms. The minimum atomic E-state index is -4.43. The zero-order chi connectivity index (χ0) is 29.0. The van der Waals surface area contributed by atoms with Crippen molar-refractivity contribution >= 4 is 5.97 Å². The molecule has 0 radical (unpaired) electrons. The largest absolute Gasteiger partial charge is 0.473 e. The maximum atomic E-state index is 14.1. The second-order valence-electron chi connectivity index (χ2n) is 11.5. The van der Waals surface area contributed by atoms with Gasteiger partial charge in [-0.2, -0.15) is 13.2 Å². The van der Waals surface area contributed by atoms with Gasteiger partial charge in [0.05, 0.1) is 18.1 Å². The molecular formula is C35H30F3NO3. The first-order valence-corrected chi connectivity index (χ1v) is 14.5. The monoisotopic (exact) mass is 569 g/mol. The van der Waals surface area contributed by atoms with Gasteiger partial charge in [-0.3, -0.25) is 4.79 Å². The molecule has 214 valence electrons. The van der Waals surface area contributed by atoms with Crippen LogP contribution in [0.25, 0.3) is 0 Å². The van der Waals surface area contributed by atoms with Crippen LogP contribution in [0.2, 0.25) is 0 Å². The number of nitrogens with zero attached hydrogens (tertiary/aromatic N) is 1. The van der Waals surface area contributed by atoms with Gasteiger partial charge < -0.3 is 9.47 Å². The highest BCUT2D eigenvalue weighted by molar-refractivity contribution is 5.79. The quantitative estimate of drug-likeness (QED) is 0.213. The zero-order valence-corrected chi connectivity index (χ0v) is 23.1. The smallest absolute Gasteiger partial charge is 0.416 e. The minimum Gasteiger partial charge on any atom is -0.473 e. The highest BCUT2D eigenvalue weighted by Crippen LogP contribution is 2.62. The summed E-state index contributed by atoms with van der Waals surface area (Å²) in [7, 11) is 0. The van der Waals surface area contributed by atoms with Gasteiger partial charge in [-0.05, 0) is 70.7 Å². The zero-order valence-electron chi connectivity index (χ0n) is 23.1. The van der Waals surface area contributed by atoms with Crippen molar-refractivity contribution in [2.45, 2.75) is 50.3 Å². The lowest BCUT2D eigenvalue weighted by Gasteiger charge is -2.19. The van der Waals surface area contributed by atoms with Gasteiger partial charge >= 0.3 is 12.1 Å². The summed E-state index contributed by atoms with van der Waals surface area (Å²) in [5.41, 5.74) is 5.92. The number of fused-ring (bicyclic) bond motifs is 4. The van der Waals surface area contributed by atoms with Crippen LogP contribution in [0.5, 0.6) is 5.88 Å². The molecule has 0 aliphatic heterocycles. The number of hydrogen-bond donors (Lipinski definition) is 0. The van der Waals surface area contributed by atoms with Gasteiger partial charge in [-0.15, -0.1) is 0 Å². The molecule has 0 saturated heterocycles. The summed E-state index contributed by atoms with van der Waals surface area (Å²) in [6.07, 6.45) is -1.25. The number of aromatic nitrogens is 1. The molecule has 42 heavy (non-hydrogen) atoms. The second-order valence-corrected chi connectivity index (χ2v) is 11.5. The molecule has 1 fully saturated rings. The minimum absolute atomic E-state index is 0.00528. The Balaban J connectivity index is 1.14. The maximum Gasteiger partial charge on any atom is 0.416 e. The van der Waals surface area contributed by atoms with Crippen molar-refractivity contribution in [1.29, 1.82) is 0 Å². The molecule has 4 nitrogen and oxygen atoms in total. The number of rotatable bonds is 7. The molecule has 4 aromatic rings. The lowest BCUT2D eigenvalue weighted by atomic mass is 9.87. The number of ether oxygens (including phenoxy) is 2. The maximum absolute atomic E-state index is 14.1. The van der Waals surface area contributed by atoms with Crippen LogP contribution in [0.15, 0.2) is 85.1 Å². The molecular weight excluding hydrogens is 539 g/mol. The van der Waals surface area contributed by atoms with Crippen LogP contribution in [0.4, 0.5) is 13.2 Å². The first kappa shape index (κ1) is 26.7. The van der Waals surface area contributed by atoms with Crippen molar-refractivity contribution in [3.63, 3.8) is 0 Å². The SMILES string of the molecule is CCOC(=O)[C@H]1[C@@H]2Cc3cc(OCc4ccc5c(c4)C(c4ccccc4C(F)(F)F)CC5c4ccccc4)ncc3[C@@H]21. The number of benzene rings is 3. The molecule has 3 aliphatic rings. The van der Waals surface area contributed by atoms with Gasteiger partial charge in [0.25, 0.3) is 0 Å². The summed E-state index contributed by atoms with van der Waals surface area (Å²) in [4.78, 5) is 16.7. The van der Waals surface area contributed by atoms with E-state index >= 15 is 0 Å². The Hall–Kier alpha value is -4.13. The normalized spacial score (nSPS) is 23.6. The molecule has 0 spiro atoms. The number of hydrogen-bond acceptors (Lipinski definition) is 4. The fourth-order valence-corrected chi connectivity index (χ4v) is 7.24. The summed E-state index contributed by atoms with van der Waals surface area (Å²) in [6.45, 7) is 2.46. The van der Waals surface area contributed by atoms with E-state index in [1.54, 1.807) is 12.1 Å². The van der Waals surface area contributed by atoms with E-state index in [0.717, 1.165) is 39.8 Å². The molecule has 3 aromatic carbocycles. The van der Waals surface area contributed by atoms with Crippen molar-refractivity contribution < 1.29 is 27.4 Å². The van der Waals surface area contributed by atoms with E-state index in [4.69, 9.17) is 9.47 Å². The third-order valence-electron chi connectivity index (χ3n) is 9.15. The molecule has 1 saturated carbocycles. The van der Waals surface area contributed by atoms with Gasteiger partial charge in [0.15, 0.2) is 0 Å². The van der Waals surface area contributed by atoms with Crippen molar-refractivity contribution in [3.8, 4) is 5.88 Å². The van der Waals surface area contributed by atoms with Gasteiger partial charge in [-0.1, -0.05) is 66.7 Å². The van der Waals surface area contributed by atoms with Crippen LogP contribution in [-0.2, 0) is 28.7 Å². The molecule has 2 unspecified atom stereocenters. The van der Waals surface area contributed by atoms with Gasteiger partial charge in [0.2, 0.25) is 5.88 Å². The fourth-order valence-electron chi connectivity index (χ4n) is 7.24. The number of carbonyl (C=O) groups is 1. The van der Waals surface area contributed by atoms with Crippen molar-refractivity contribution in [2.24, 2.45) is 11.8 Å². The molecule has 0 amide bonds. The third-order valence-corrected chi connectivity index (χ3v) is 9.15. The molecule has 5 atom stereocenters. The second kappa shape index (κ2) is 10.3. The predicted octanol–water partition coefficient (Wildman–Crippen LogP) is 7.80. The summed E-state index contributed by atoms with van der Waals surface area (Å²) in [5.74, 6) is 0.400. The van der Waals surface area contributed by atoms with Crippen LogP contribution in [0, 0.1) is 11.8 Å². The highest BCUT2D eigenvalue weighted by Gasteiger charge is 2.60. The number of alkyl halides is 3. The van der Waals surface area contributed by atoms with Crippen LogP contribution in [0.1, 0.15) is 75.6 Å². The van der Waals surface area contributed by atoms with E-state index in [9.17, 15) is 18.0 Å². The standard InChI is InChI=1S/C35H30F3NO3/c1-2-41-34(40)33-28-15-22-16-31(39-18-29(22)32(28)33)42-19-20-12-13-23-25(21-8-4-3-5-9-21)17-27(26(23)14-20)24-10-6-7-11-30(24)35(36,37)38/h3-14,16,18,25,27-28,32-33H,2,15,17,19H2,1H3/t25?,27?,28-,32-,33+/m1/s1. The van der Waals surface area contributed by atoms with E-state index in [1.165, 1.54) is 12.1 Å². The van der Waals surface area contributed by atoms with Gasteiger partial charge in [-0.25, -0.2) is 4.98 Å². The molecule has 7 heteroatoms. The molecule has 7 rings (SSSR count). The number of esters is 1. The highest BCUT2D eigenvalue weighted by atomic mass is 19.4. The van der Waals surface area contributed by atoms with Crippen molar-refractivity contribution in [1.82, 2.24) is 4.98 Å². The van der Waals surface area contributed by atoms with Crippen LogP contribution < -0.4 is 4.74 Å². The summed E-state index contributed by atoms with van der Waals surface area (Å²) < 4.78 is 53.5. The summed E-state index contributed by atoms with van der Waals surface area (Å²) in [5, 5.41) is 0. The average molecular weight is 570 g/mol. The lowest BCUT2D eigenvalue weighted by Crippen LogP contribution is -2.12. The average Bonchev–Trinajstić information content (AvgIpc) is 3.38. The Bertz CT molecular complexity index is 1650. The van der Waals surface area contributed by atoms with Crippen LogP contribution in [-0.4, -0.2) is 17.6 Å². The first-order chi connectivity index (χ1) is 20.3. The molecule has 1 aromatic heterocycles. The Labute approximate surface area is 242 Å². The first-order valence-electron chi connectivity index (χ1n) is 14.5. The Kier molecular flexibility index (Phi) is 6.56. The van der Waals surface area contributed by atoms with Gasteiger partial charge in [0, 0.05) is 30.0 Å². The number of carbonyl (C=O) groups excluding carboxylic acids is 1. The molecule has 3 aliphatic carbocycles. The summed E-state index contributed by atoms with van der Waals surface area (Å²) >= 11 is 0. The van der Waals surface area contributed by atoms with Crippen molar-refractivity contribution in [2.75, 3.05) is 6.61 Å². The van der Waals surface area contributed by atoms with E-state index in [2.05, 4.69) is 4.98 Å². The Morgan fingerprint density at radius 1 is 0.905 bits per heavy atom. The van der Waals surface area contributed by atoms with Gasteiger partial charge in [0.1, 0.15) is 6.61 Å². The van der Waals surface area contributed by atoms with E-state index in [0.29, 0.717) is 24.5 Å². The van der Waals surface area contributed by atoms with E-state index in [-0.39, 0.29) is 42.2 Å². The third kappa shape index (κ3) is 4.65. The predicted molar refractivity (Wildman–Crippen MR) is 151 cm³/mol. The van der Waals surface area contributed by atoms with Crippen molar-refractivity contribution in [3.05, 3.63) is 130 Å². The van der Waals surface area contributed by atoms with E-state index < -0.39 is 11.7 Å². The molecule has 1 heterocycles. The van der Waals surface area contributed by atoms with Crippen LogP contribution in [0.3, 0.4) is 0 Å². The lowest BCUT2D eigenvalue weighted by molar-refractivity contribution is -0.145. The fraction of sp³-hybridized carbons (Fsp3) is 0.314. The summed E-state index contributed by atoms with van der Waals surface area (Å²) in [6, 6.07) is 23.9.